The number of rotatable bonds is 6. The standard InChI is InChI=1S/C20H18Cl3N5O4S/c1-10-7-12(21)8-13(19(29)25-11(2)33(3,31)32)17(10)26-20(30)15-9-16(23)27-28(15)18-14(22)5-4-6-24-18/h4-9,11H,1-3H3,(H,25,29)(H,26,30). The zero-order valence-electron chi connectivity index (χ0n) is 17.6. The summed E-state index contributed by atoms with van der Waals surface area (Å²) in [7, 11) is -3.54. The lowest BCUT2D eigenvalue weighted by molar-refractivity contribution is 0.0951. The number of sulfone groups is 1. The number of amides is 2. The zero-order valence-corrected chi connectivity index (χ0v) is 20.6. The summed E-state index contributed by atoms with van der Waals surface area (Å²) in [6, 6.07) is 7.40. The summed E-state index contributed by atoms with van der Waals surface area (Å²) in [6.07, 6.45) is 2.48. The molecule has 0 aliphatic rings. The molecule has 33 heavy (non-hydrogen) atoms. The monoisotopic (exact) mass is 529 g/mol. The van der Waals surface area contributed by atoms with E-state index in [1.54, 1.807) is 25.1 Å². The minimum absolute atomic E-state index is 0.00538. The summed E-state index contributed by atoms with van der Waals surface area (Å²) in [5.74, 6) is -1.20. The van der Waals surface area contributed by atoms with Crippen molar-refractivity contribution in [2.24, 2.45) is 0 Å². The number of benzene rings is 1. The summed E-state index contributed by atoms with van der Waals surface area (Å²) in [5, 5.41) is 8.46. The number of hydrogen-bond acceptors (Lipinski definition) is 6. The predicted molar refractivity (Wildman–Crippen MR) is 127 cm³/mol. The Hall–Kier alpha value is -2.66. The van der Waals surface area contributed by atoms with E-state index >= 15 is 0 Å². The van der Waals surface area contributed by atoms with Crippen molar-refractivity contribution in [2.75, 3.05) is 11.6 Å². The molecule has 0 fully saturated rings. The second-order valence-corrected chi connectivity index (χ2v) is 10.7. The van der Waals surface area contributed by atoms with E-state index in [2.05, 4.69) is 20.7 Å². The molecule has 2 amide bonds. The van der Waals surface area contributed by atoms with Crippen LogP contribution in [0.3, 0.4) is 0 Å². The van der Waals surface area contributed by atoms with Crippen molar-refractivity contribution in [3.63, 3.8) is 0 Å². The minimum atomic E-state index is -3.54. The maximum atomic E-state index is 13.2. The molecule has 3 rings (SSSR count). The Bertz CT molecular complexity index is 1360. The van der Waals surface area contributed by atoms with Crippen LogP contribution in [0.2, 0.25) is 15.2 Å². The number of anilines is 1. The number of hydrogen-bond donors (Lipinski definition) is 2. The molecular formula is C20H18Cl3N5O4S. The van der Waals surface area contributed by atoms with Crippen molar-refractivity contribution < 1.29 is 18.0 Å². The van der Waals surface area contributed by atoms with Crippen LogP contribution in [0.15, 0.2) is 36.5 Å². The van der Waals surface area contributed by atoms with Gasteiger partial charge in [-0.1, -0.05) is 34.8 Å². The zero-order chi connectivity index (χ0) is 24.5. The van der Waals surface area contributed by atoms with Crippen LogP contribution in [0.4, 0.5) is 5.69 Å². The molecule has 3 aromatic rings. The van der Waals surface area contributed by atoms with E-state index in [-0.39, 0.29) is 38.0 Å². The first-order chi connectivity index (χ1) is 15.4. The SMILES string of the molecule is Cc1cc(Cl)cc(C(=O)NC(C)S(C)(=O)=O)c1NC(=O)c1cc(Cl)nn1-c1ncccc1Cl. The summed E-state index contributed by atoms with van der Waals surface area (Å²) in [6.45, 7) is 2.97. The van der Waals surface area contributed by atoms with Gasteiger partial charge >= 0.3 is 0 Å². The van der Waals surface area contributed by atoms with Crippen LogP contribution in [-0.2, 0) is 9.84 Å². The molecule has 13 heteroatoms. The van der Waals surface area contributed by atoms with E-state index in [9.17, 15) is 18.0 Å². The minimum Gasteiger partial charge on any atom is -0.336 e. The number of halogens is 3. The van der Waals surface area contributed by atoms with Gasteiger partial charge in [-0.25, -0.2) is 18.1 Å². The molecule has 2 N–H and O–H groups in total. The molecule has 174 valence electrons. The number of aryl methyl sites for hydroxylation is 1. The summed E-state index contributed by atoms with van der Waals surface area (Å²) in [4.78, 5) is 30.1. The number of carbonyl (C=O) groups excluding carboxylic acids is 2. The lowest BCUT2D eigenvalue weighted by Crippen LogP contribution is -2.38. The summed E-state index contributed by atoms with van der Waals surface area (Å²) >= 11 is 18.3. The molecule has 0 saturated heterocycles. The van der Waals surface area contributed by atoms with E-state index in [4.69, 9.17) is 34.8 Å². The van der Waals surface area contributed by atoms with Crippen molar-refractivity contribution in [1.29, 1.82) is 0 Å². The fourth-order valence-electron chi connectivity index (χ4n) is 2.84. The second-order valence-electron chi connectivity index (χ2n) is 7.12. The van der Waals surface area contributed by atoms with Gasteiger partial charge in [-0.3, -0.25) is 9.59 Å². The van der Waals surface area contributed by atoms with Gasteiger partial charge in [0.25, 0.3) is 11.8 Å². The lowest BCUT2D eigenvalue weighted by Gasteiger charge is -2.17. The molecular weight excluding hydrogens is 513 g/mol. The molecule has 0 bridgehead atoms. The highest BCUT2D eigenvalue weighted by atomic mass is 35.5. The van der Waals surface area contributed by atoms with Gasteiger partial charge in [-0.2, -0.15) is 5.10 Å². The molecule has 0 aliphatic carbocycles. The fourth-order valence-corrected chi connectivity index (χ4v) is 3.82. The van der Waals surface area contributed by atoms with E-state index in [0.29, 0.717) is 5.56 Å². The van der Waals surface area contributed by atoms with Crippen molar-refractivity contribution in [3.8, 4) is 5.82 Å². The highest BCUT2D eigenvalue weighted by Crippen LogP contribution is 2.28. The van der Waals surface area contributed by atoms with Gasteiger partial charge in [-0.15, -0.1) is 0 Å². The van der Waals surface area contributed by atoms with Gasteiger partial charge in [0.05, 0.1) is 16.3 Å². The molecule has 0 saturated carbocycles. The van der Waals surface area contributed by atoms with Gasteiger partial charge < -0.3 is 10.6 Å². The van der Waals surface area contributed by atoms with E-state index < -0.39 is 27.0 Å². The molecule has 1 unspecified atom stereocenters. The van der Waals surface area contributed by atoms with Gasteiger partial charge in [0.2, 0.25) is 0 Å². The van der Waals surface area contributed by atoms with Gasteiger partial charge in [0.1, 0.15) is 11.1 Å². The van der Waals surface area contributed by atoms with Crippen LogP contribution in [0.1, 0.15) is 33.3 Å². The van der Waals surface area contributed by atoms with Gasteiger partial charge in [-0.05, 0) is 43.7 Å². The van der Waals surface area contributed by atoms with Crippen LogP contribution in [0, 0.1) is 6.92 Å². The Kier molecular flexibility index (Phi) is 7.32. The first-order valence-corrected chi connectivity index (χ1v) is 12.4. The summed E-state index contributed by atoms with van der Waals surface area (Å²) in [5.41, 5.74) is 0.599. The van der Waals surface area contributed by atoms with E-state index in [1.165, 1.54) is 29.9 Å². The average molecular weight is 531 g/mol. The first-order valence-electron chi connectivity index (χ1n) is 9.36. The van der Waals surface area contributed by atoms with E-state index in [0.717, 1.165) is 6.26 Å². The Morgan fingerprint density at radius 2 is 1.82 bits per heavy atom. The number of pyridine rings is 1. The molecule has 2 heterocycles. The third-order valence-corrected chi connectivity index (χ3v) is 6.71. The van der Waals surface area contributed by atoms with Crippen LogP contribution in [0.5, 0.6) is 0 Å². The molecule has 9 nitrogen and oxygen atoms in total. The highest BCUT2D eigenvalue weighted by Gasteiger charge is 2.24. The predicted octanol–water partition coefficient (Wildman–Crippen LogP) is 3.91. The van der Waals surface area contributed by atoms with Crippen molar-refractivity contribution in [1.82, 2.24) is 20.1 Å². The third-order valence-electron chi connectivity index (χ3n) is 4.61. The topological polar surface area (TPSA) is 123 Å². The van der Waals surface area contributed by atoms with Crippen molar-refractivity contribution >= 4 is 62.1 Å². The molecule has 0 aliphatic heterocycles. The number of carbonyl (C=O) groups is 2. The Morgan fingerprint density at radius 3 is 2.45 bits per heavy atom. The molecule has 1 aromatic carbocycles. The van der Waals surface area contributed by atoms with E-state index in [1.807, 2.05) is 0 Å². The Balaban J connectivity index is 2.01. The lowest BCUT2D eigenvalue weighted by atomic mass is 10.1. The molecule has 0 radical (unpaired) electrons. The Labute approximate surface area is 205 Å². The Morgan fingerprint density at radius 1 is 1.12 bits per heavy atom. The van der Waals surface area contributed by atoms with Crippen LogP contribution in [-0.4, -0.2) is 46.6 Å². The fraction of sp³-hybridized carbons (Fsp3) is 0.200. The largest absolute Gasteiger partial charge is 0.336 e. The van der Waals surface area contributed by atoms with Crippen LogP contribution >= 0.6 is 34.8 Å². The smallest absolute Gasteiger partial charge is 0.274 e. The number of nitrogens with one attached hydrogen (secondary N) is 2. The quantitative estimate of drug-likeness (QED) is 0.498. The maximum absolute atomic E-state index is 13.2. The van der Waals surface area contributed by atoms with Crippen LogP contribution in [0.25, 0.3) is 5.82 Å². The highest BCUT2D eigenvalue weighted by molar-refractivity contribution is 7.91. The summed E-state index contributed by atoms with van der Waals surface area (Å²) < 4.78 is 24.6. The van der Waals surface area contributed by atoms with Crippen molar-refractivity contribution in [3.05, 3.63) is 68.5 Å². The first kappa shape index (κ1) is 25.0. The number of nitrogens with zero attached hydrogens (tertiary/aromatic N) is 3. The van der Waals surface area contributed by atoms with Crippen LogP contribution < -0.4 is 10.6 Å². The van der Waals surface area contributed by atoms with Crippen molar-refractivity contribution in [2.45, 2.75) is 19.2 Å². The second kappa shape index (κ2) is 9.68. The normalized spacial score (nSPS) is 12.3. The third kappa shape index (κ3) is 5.64. The maximum Gasteiger partial charge on any atom is 0.274 e. The average Bonchev–Trinajstić information content (AvgIpc) is 3.10. The molecule has 1 atom stereocenters. The molecule has 0 spiro atoms. The van der Waals surface area contributed by atoms with Gasteiger partial charge in [0, 0.05) is 23.5 Å². The molecule has 2 aromatic heterocycles. The van der Waals surface area contributed by atoms with Gasteiger partial charge in [0.15, 0.2) is 20.8 Å². The number of aromatic nitrogens is 3.